The molecular formula is C23H19ClN6O2. The SMILES string of the molecule is Cn1ncc(-c2ccc3c(=O)[nH]nc(CN)c3c2)c1N1C(=O)C2(CC2)c2cccc(Cl)c21. The lowest BCUT2D eigenvalue weighted by atomic mass is 9.98. The van der Waals surface area contributed by atoms with Gasteiger partial charge in [0.1, 0.15) is 5.82 Å². The molecule has 0 unspecified atom stereocenters. The minimum Gasteiger partial charge on any atom is -0.325 e. The Labute approximate surface area is 187 Å². The van der Waals surface area contributed by atoms with E-state index in [9.17, 15) is 9.59 Å². The van der Waals surface area contributed by atoms with Gasteiger partial charge in [-0.05, 0) is 42.2 Å². The molecule has 4 aromatic rings. The minimum absolute atomic E-state index is 0.0204. The van der Waals surface area contributed by atoms with Crippen molar-refractivity contribution < 1.29 is 4.79 Å². The van der Waals surface area contributed by atoms with Crippen LogP contribution in [0.15, 0.2) is 47.4 Å². The van der Waals surface area contributed by atoms with Crippen LogP contribution in [0.2, 0.25) is 5.02 Å². The maximum absolute atomic E-state index is 13.6. The molecular weight excluding hydrogens is 428 g/mol. The van der Waals surface area contributed by atoms with Crippen LogP contribution in [0.5, 0.6) is 0 Å². The number of aromatic nitrogens is 4. The average molecular weight is 447 g/mol. The van der Waals surface area contributed by atoms with Crippen molar-refractivity contribution in [2.75, 3.05) is 4.90 Å². The van der Waals surface area contributed by atoms with Gasteiger partial charge < -0.3 is 5.73 Å². The van der Waals surface area contributed by atoms with Gasteiger partial charge in [0.05, 0.1) is 33.4 Å². The van der Waals surface area contributed by atoms with Crippen molar-refractivity contribution in [1.29, 1.82) is 0 Å². The zero-order chi connectivity index (χ0) is 22.2. The van der Waals surface area contributed by atoms with Gasteiger partial charge in [-0.25, -0.2) is 5.10 Å². The number of nitrogens with two attached hydrogens (primary N) is 1. The van der Waals surface area contributed by atoms with Gasteiger partial charge in [0.15, 0.2) is 0 Å². The molecule has 32 heavy (non-hydrogen) atoms. The van der Waals surface area contributed by atoms with E-state index in [1.165, 1.54) is 0 Å². The molecule has 0 radical (unpaired) electrons. The van der Waals surface area contributed by atoms with E-state index in [0.29, 0.717) is 27.3 Å². The molecule has 6 rings (SSSR count). The van der Waals surface area contributed by atoms with Crippen molar-refractivity contribution in [1.82, 2.24) is 20.0 Å². The second kappa shape index (κ2) is 6.51. The van der Waals surface area contributed by atoms with Crippen LogP contribution in [0.3, 0.4) is 0 Å². The summed E-state index contributed by atoms with van der Waals surface area (Å²) in [5.74, 6) is 0.659. The van der Waals surface area contributed by atoms with Gasteiger partial charge >= 0.3 is 0 Å². The molecule has 2 aromatic heterocycles. The van der Waals surface area contributed by atoms with E-state index < -0.39 is 5.41 Å². The molecule has 1 fully saturated rings. The molecule has 8 nitrogen and oxygen atoms in total. The van der Waals surface area contributed by atoms with Gasteiger partial charge in [-0.15, -0.1) is 0 Å². The fourth-order valence-corrected chi connectivity index (χ4v) is 5.07. The van der Waals surface area contributed by atoms with E-state index >= 15 is 0 Å². The Morgan fingerprint density at radius 1 is 1.19 bits per heavy atom. The number of para-hydroxylation sites is 1. The Hall–Kier alpha value is -3.49. The van der Waals surface area contributed by atoms with E-state index in [0.717, 1.165) is 35.2 Å². The Balaban J connectivity index is 1.59. The number of hydrogen-bond acceptors (Lipinski definition) is 5. The van der Waals surface area contributed by atoms with Crippen LogP contribution in [0.25, 0.3) is 21.9 Å². The fourth-order valence-electron chi connectivity index (χ4n) is 4.81. The van der Waals surface area contributed by atoms with Gasteiger partial charge in [-0.1, -0.05) is 29.8 Å². The predicted molar refractivity (Wildman–Crippen MR) is 122 cm³/mol. The normalized spacial score (nSPS) is 16.2. The Morgan fingerprint density at radius 3 is 2.75 bits per heavy atom. The summed E-state index contributed by atoms with van der Waals surface area (Å²) < 4.78 is 1.69. The third kappa shape index (κ3) is 2.42. The molecule has 1 spiro atoms. The summed E-state index contributed by atoms with van der Waals surface area (Å²) in [5.41, 5.74) is 8.93. The number of nitrogens with zero attached hydrogens (tertiary/aromatic N) is 4. The van der Waals surface area contributed by atoms with Crippen molar-refractivity contribution in [2.24, 2.45) is 12.8 Å². The molecule has 1 saturated carbocycles. The number of hydrogen-bond donors (Lipinski definition) is 2. The van der Waals surface area contributed by atoms with Crippen molar-refractivity contribution in [2.45, 2.75) is 24.8 Å². The Kier molecular flexibility index (Phi) is 3.91. The number of H-pyrrole nitrogens is 1. The highest BCUT2D eigenvalue weighted by atomic mass is 35.5. The van der Waals surface area contributed by atoms with Crippen LogP contribution < -0.4 is 16.2 Å². The van der Waals surface area contributed by atoms with Crippen LogP contribution in [0, 0.1) is 0 Å². The quantitative estimate of drug-likeness (QED) is 0.502. The first-order valence-electron chi connectivity index (χ1n) is 10.3. The summed E-state index contributed by atoms with van der Waals surface area (Å²) in [5, 5.41) is 12.7. The second-order valence-corrected chi connectivity index (χ2v) is 8.74. The van der Waals surface area contributed by atoms with Gasteiger partial charge in [0.25, 0.3) is 5.56 Å². The first kappa shape index (κ1) is 19.2. The first-order chi connectivity index (χ1) is 15.5. The van der Waals surface area contributed by atoms with E-state index in [4.69, 9.17) is 17.3 Å². The van der Waals surface area contributed by atoms with Gasteiger partial charge in [0.2, 0.25) is 5.91 Å². The lowest BCUT2D eigenvalue weighted by Crippen LogP contribution is -2.29. The van der Waals surface area contributed by atoms with Crippen LogP contribution in [-0.4, -0.2) is 25.9 Å². The number of amides is 1. The number of nitrogens with one attached hydrogen (secondary N) is 1. The zero-order valence-electron chi connectivity index (χ0n) is 17.2. The number of rotatable bonds is 3. The van der Waals surface area contributed by atoms with Crippen molar-refractivity contribution >= 4 is 39.8 Å². The molecule has 0 bridgehead atoms. The van der Waals surface area contributed by atoms with Crippen molar-refractivity contribution in [3.63, 3.8) is 0 Å². The number of carbonyl (C=O) groups is 1. The maximum atomic E-state index is 13.6. The number of aromatic amines is 1. The Morgan fingerprint density at radius 2 is 2.00 bits per heavy atom. The molecule has 1 amide bonds. The highest BCUT2D eigenvalue weighted by molar-refractivity contribution is 6.36. The summed E-state index contributed by atoms with van der Waals surface area (Å²) >= 11 is 6.60. The molecule has 9 heteroatoms. The third-order valence-electron chi connectivity index (χ3n) is 6.58. The molecule has 0 atom stereocenters. The van der Waals surface area contributed by atoms with Crippen LogP contribution >= 0.6 is 11.6 Å². The number of anilines is 2. The van der Waals surface area contributed by atoms with Gasteiger partial charge in [0, 0.05) is 24.5 Å². The topological polar surface area (TPSA) is 110 Å². The highest BCUT2D eigenvalue weighted by Gasteiger charge is 2.60. The molecule has 2 aliphatic rings. The molecule has 2 aromatic carbocycles. The molecule has 3 N–H and O–H groups in total. The summed E-state index contributed by atoms with van der Waals surface area (Å²) in [4.78, 5) is 27.6. The minimum atomic E-state index is -0.491. The van der Waals surface area contributed by atoms with E-state index in [1.807, 2.05) is 24.3 Å². The third-order valence-corrected chi connectivity index (χ3v) is 6.88. The lowest BCUT2D eigenvalue weighted by molar-refractivity contribution is -0.119. The number of fused-ring (bicyclic) bond motifs is 3. The molecule has 0 saturated heterocycles. The molecule has 1 aliphatic heterocycles. The van der Waals surface area contributed by atoms with Crippen molar-refractivity contribution in [3.8, 4) is 11.1 Å². The monoisotopic (exact) mass is 446 g/mol. The maximum Gasteiger partial charge on any atom is 0.272 e. The van der Waals surface area contributed by atoms with Crippen LogP contribution in [-0.2, 0) is 23.8 Å². The van der Waals surface area contributed by atoms with Gasteiger partial charge in [-0.2, -0.15) is 10.2 Å². The van der Waals surface area contributed by atoms with Crippen molar-refractivity contribution in [3.05, 3.63) is 69.2 Å². The second-order valence-electron chi connectivity index (χ2n) is 8.33. The fraction of sp³-hybridized carbons (Fsp3) is 0.217. The molecule has 160 valence electrons. The van der Waals surface area contributed by atoms with Gasteiger partial charge in [-0.3, -0.25) is 19.2 Å². The van der Waals surface area contributed by atoms with E-state index in [2.05, 4.69) is 15.3 Å². The van der Waals surface area contributed by atoms with E-state index in [-0.39, 0.29) is 18.0 Å². The van der Waals surface area contributed by atoms with Crippen LogP contribution in [0.1, 0.15) is 24.1 Å². The summed E-state index contributed by atoms with van der Waals surface area (Å²) in [6.07, 6.45) is 3.35. The number of carbonyl (C=O) groups excluding carboxylic acids is 1. The number of benzene rings is 2. The lowest BCUT2D eigenvalue weighted by Gasteiger charge is -2.21. The average Bonchev–Trinajstić information content (AvgIpc) is 3.46. The summed E-state index contributed by atoms with van der Waals surface area (Å²) in [7, 11) is 1.80. The molecule has 1 aliphatic carbocycles. The highest BCUT2D eigenvalue weighted by Crippen LogP contribution is 2.61. The smallest absolute Gasteiger partial charge is 0.272 e. The van der Waals surface area contributed by atoms with Crippen LogP contribution in [0.4, 0.5) is 11.5 Å². The molecule has 3 heterocycles. The van der Waals surface area contributed by atoms with E-state index in [1.54, 1.807) is 35.0 Å². The summed E-state index contributed by atoms with van der Waals surface area (Å²) in [6.45, 7) is 0.187. The predicted octanol–water partition coefficient (Wildman–Crippen LogP) is 3.15. The first-order valence-corrected chi connectivity index (χ1v) is 10.7. The standard InChI is InChI=1S/C23H19ClN6O2/c1-29-21(30-19-16(3-2-4-17(19)24)23(7-8-23)22(30)32)15(11-26-29)12-5-6-13-14(9-12)18(10-25)27-28-20(13)31/h2-6,9,11H,7-8,10,25H2,1H3,(H,28,31). The Bertz CT molecular complexity index is 1500. The number of aryl methyl sites for hydroxylation is 1. The largest absolute Gasteiger partial charge is 0.325 e. The number of halogens is 1. The summed E-state index contributed by atoms with van der Waals surface area (Å²) in [6, 6.07) is 11.2. The zero-order valence-corrected chi connectivity index (χ0v) is 18.0.